The molecule has 0 aromatic heterocycles. The lowest BCUT2D eigenvalue weighted by Crippen LogP contribution is -2.32. The minimum absolute atomic E-state index is 0.0111. The molecule has 20 heavy (non-hydrogen) atoms. The number of ether oxygens (including phenoxy) is 2. The monoisotopic (exact) mass is 279 g/mol. The van der Waals surface area contributed by atoms with E-state index < -0.39 is 0 Å². The Bertz CT molecular complexity index is 443. The third kappa shape index (κ3) is 4.15. The van der Waals surface area contributed by atoms with E-state index in [1.165, 1.54) is 0 Å². The van der Waals surface area contributed by atoms with Gasteiger partial charge in [-0.1, -0.05) is 6.92 Å². The Morgan fingerprint density at radius 2 is 1.90 bits per heavy atom. The molecule has 0 aliphatic rings. The minimum atomic E-state index is -0.0111. The van der Waals surface area contributed by atoms with Gasteiger partial charge in [0.15, 0.2) is 11.5 Å². The third-order valence-electron chi connectivity index (χ3n) is 3.05. The van der Waals surface area contributed by atoms with E-state index in [0.717, 1.165) is 6.42 Å². The summed E-state index contributed by atoms with van der Waals surface area (Å²) in [6, 6.07) is 5.51. The predicted molar refractivity (Wildman–Crippen MR) is 80.6 cm³/mol. The number of amides is 1. The normalized spacial score (nSPS) is 10.5. The average molecular weight is 279 g/mol. The van der Waals surface area contributed by atoms with Crippen LogP contribution in [0.3, 0.4) is 0 Å². The number of nitrogens with zero attached hydrogens (tertiary/aromatic N) is 1. The lowest BCUT2D eigenvalue weighted by Gasteiger charge is -2.22. The van der Waals surface area contributed by atoms with Gasteiger partial charge >= 0.3 is 0 Å². The van der Waals surface area contributed by atoms with Crippen molar-refractivity contribution in [2.45, 2.75) is 40.2 Å². The topological polar surface area (TPSA) is 38.8 Å². The van der Waals surface area contributed by atoms with E-state index in [2.05, 4.69) is 6.92 Å². The van der Waals surface area contributed by atoms with Crippen LogP contribution in [0, 0.1) is 0 Å². The summed E-state index contributed by atoms with van der Waals surface area (Å²) in [4.78, 5) is 14.0. The molecule has 4 nitrogen and oxygen atoms in total. The summed E-state index contributed by atoms with van der Waals surface area (Å²) in [7, 11) is 1.80. The van der Waals surface area contributed by atoms with E-state index in [9.17, 15) is 4.79 Å². The molecule has 0 aliphatic heterocycles. The van der Waals surface area contributed by atoms with Crippen molar-refractivity contribution < 1.29 is 14.3 Å². The maximum absolute atomic E-state index is 12.3. The number of hydrogen-bond donors (Lipinski definition) is 0. The first-order valence-corrected chi connectivity index (χ1v) is 7.18. The summed E-state index contributed by atoms with van der Waals surface area (Å²) in [5.41, 5.74) is 0.619. The first kappa shape index (κ1) is 16.3. The van der Waals surface area contributed by atoms with Crippen LogP contribution in [0.5, 0.6) is 11.5 Å². The molecule has 1 aromatic carbocycles. The number of hydrogen-bond acceptors (Lipinski definition) is 3. The van der Waals surface area contributed by atoms with Gasteiger partial charge in [0.2, 0.25) is 0 Å². The van der Waals surface area contributed by atoms with E-state index in [1.807, 2.05) is 26.8 Å². The number of rotatable bonds is 7. The van der Waals surface area contributed by atoms with Crippen LogP contribution in [0.2, 0.25) is 0 Å². The van der Waals surface area contributed by atoms with Gasteiger partial charge in [-0.05, 0) is 45.4 Å². The van der Waals surface area contributed by atoms with Gasteiger partial charge in [-0.15, -0.1) is 0 Å². The van der Waals surface area contributed by atoms with Gasteiger partial charge in [-0.2, -0.15) is 0 Å². The highest BCUT2D eigenvalue weighted by atomic mass is 16.5. The van der Waals surface area contributed by atoms with Crippen molar-refractivity contribution in [2.75, 3.05) is 20.3 Å². The van der Waals surface area contributed by atoms with Crippen molar-refractivity contribution in [3.63, 3.8) is 0 Å². The zero-order valence-electron chi connectivity index (χ0n) is 13.1. The zero-order valence-corrected chi connectivity index (χ0v) is 13.1. The molecule has 1 amide bonds. The van der Waals surface area contributed by atoms with Crippen LogP contribution in [0.25, 0.3) is 0 Å². The Morgan fingerprint density at radius 3 is 2.45 bits per heavy atom. The second-order valence-electron chi connectivity index (χ2n) is 4.95. The molecule has 0 atom stereocenters. The van der Waals surface area contributed by atoms with Crippen LogP contribution in [-0.2, 0) is 0 Å². The molecule has 112 valence electrons. The molecule has 4 heteroatoms. The highest BCUT2D eigenvalue weighted by Crippen LogP contribution is 2.29. The first-order chi connectivity index (χ1) is 9.51. The van der Waals surface area contributed by atoms with E-state index >= 15 is 0 Å². The highest BCUT2D eigenvalue weighted by molar-refractivity contribution is 5.94. The fraction of sp³-hybridized carbons (Fsp3) is 0.562. The van der Waals surface area contributed by atoms with Crippen molar-refractivity contribution >= 4 is 5.91 Å². The molecule has 0 unspecified atom stereocenters. The Morgan fingerprint density at radius 1 is 1.20 bits per heavy atom. The Balaban J connectivity index is 2.99. The van der Waals surface area contributed by atoms with Gasteiger partial charge in [-0.25, -0.2) is 0 Å². The highest BCUT2D eigenvalue weighted by Gasteiger charge is 2.16. The van der Waals surface area contributed by atoms with Crippen molar-refractivity contribution in [3.8, 4) is 11.5 Å². The van der Waals surface area contributed by atoms with Gasteiger partial charge in [0.25, 0.3) is 5.91 Å². The third-order valence-corrected chi connectivity index (χ3v) is 3.05. The van der Waals surface area contributed by atoms with Crippen LogP contribution in [-0.4, -0.2) is 37.1 Å². The standard InChI is InChI=1S/C16H25NO3/c1-6-10-20-14-9-8-13(11-15(14)19-7-2)16(18)17(5)12(3)4/h8-9,11-12H,6-7,10H2,1-5H3. The molecule has 0 saturated heterocycles. The molecular weight excluding hydrogens is 254 g/mol. The first-order valence-electron chi connectivity index (χ1n) is 7.18. The van der Waals surface area contributed by atoms with Crippen molar-refractivity contribution in [2.24, 2.45) is 0 Å². The minimum Gasteiger partial charge on any atom is -0.490 e. The second kappa shape index (κ2) is 7.78. The zero-order chi connectivity index (χ0) is 15.1. The Kier molecular flexibility index (Phi) is 6.36. The molecular formula is C16H25NO3. The largest absolute Gasteiger partial charge is 0.490 e. The van der Waals surface area contributed by atoms with Crippen molar-refractivity contribution in [1.82, 2.24) is 4.90 Å². The van der Waals surface area contributed by atoms with Gasteiger partial charge < -0.3 is 14.4 Å². The molecule has 0 bridgehead atoms. The fourth-order valence-corrected chi connectivity index (χ4v) is 1.68. The lowest BCUT2D eigenvalue weighted by molar-refractivity contribution is 0.0754. The summed E-state index contributed by atoms with van der Waals surface area (Å²) in [5.74, 6) is 1.31. The number of benzene rings is 1. The fourth-order valence-electron chi connectivity index (χ4n) is 1.68. The molecule has 1 aromatic rings. The van der Waals surface area contributed by atoms with Crippen LogP contribution >= 0.6 is 0 Å². The van der Waals surface area contributed by atoms with Gasteiger partial charge in [0.1, 0.15) is 0 Å². The maximum Gasteiger partial charge on any atom is 0.253 e. The van der Waals surface area contributed by atoms with Gasteiger partial charge in [0, 0.05) is 18.7 Å². The second-order valence-corrected chi connectivity index (χ2v) is 4.95. The smallest absolute Gasteiger partial charge is 0.253 e. The number of carbonyl (C=O) groups is 1. The summed E-state index contributed by atoms with van der Waals surface area (Å²) < 4.78 is 11.2. The molecule has 0 aliphatic carbocycles. The molecule has 0 radical (unpaired) electrons. The maximum atomic E-state index is 12.3. The quantitative estimate of drug-likeness (QED) is 0.768. The molecule has 0 saturated carbocycles. The molecule has 0 spiro atoms. The van der Waals surface area contributed by atoms with Crippen LogP contribution in [0.15, 0.2) is 18.2 Å². The molecule has 0 fully saturated rings. The average Bonchev–Trinajstić information content (AvgIpc) is 2.44. The predicted octanol–water partition coefficient (Wildman–Crippen LogP) is 3.35. The van der Waals surface area contributed by atoms with E-state index in [0.29, 0.717) is 30.3 Å². The lowest BCUT2D eigenvalue weighted by atomic mass is 10.1. The molecule has 1 rings (SSSR count). The van der Waals surface area contributed by atoms with E-state index in [1.54, 1.807) is 24.1 Å². The van der Waals surface area contributed by atoms with E-state index in [4.69, 9.17) is 9.47 Å². The van der Waals surface area contributed by atoms with Crippen LogP contribution < -0.4 is 9.47 Å². The van der Waals surface area contributed by atoms with E-state index in [-0.39, 0.29) is 11.9 Å². The van der Waals surface area contributed by atoms with Crippen molar-refractivity contribution in [3.05, 3.63) is 23.8 Å². The SMILES string of the molecule is CCCOc1ccc(C(=O)N(C)C(C)C)cc1OCC. The molecule has 0 N–H and O–H groups in total. The van der Waals surface area contributed by atoms with Crippen LogP contribution in [0.1, 0.15) is 44.5 Å². The Hall–Kier alpha value is -1.71. The van der Waals surface area contributed by atoms with Gasteiger partial charge in [0.05, 0.1) is 13.2 Å². The summed E-state index contributed by atoms with van der Waals surface area (Å²) in [5, 5.41) is 0. The summed E-state index contributed by atoms with van der Waals surface area (Å²) >= 11 is 0. The van der Waals surface area contributed by atoms with Crippen molar-refractivity contribution in [1.29, 1.82) is 0 Å². The summed E-state index contributed by atoms with van der Waals surface area (Å²) in [6.07, 6.45) is 0.933. The summed E-state index contributed by atoms with van der Waals surface area (Å²) in [6.45, 7) is 9.12. The Labute approximate surface area is 121 Å². The van der Waals surface area contributed by atoms with Crippen LogP contribution in [0.4, 0.5) is 0 Å². The van der Waals surface area contributed by atoms with Gasteiger partial charge in [-0.3, -0.25) is 4.79 Å². The molecule has 0 heterocycles. The number of carbonyl (C=O) groups excluding carboxylic acids is 1.